The molecule has 6 nitrogen and oxygen atoms in total. The molecule has 112 valence electrons. The van der Waals surface area contributed by atoms with Crippen molar-refractivity contribution in [1.29, 1.82) is 0 Å². The van der Waals surface area contributed by atoms with Crippen LogP contribution in [0.25, 0.3) is 0 Å². The summed E-state index contributed by atoms with van der Waals surface area (Å²) in [6.45, 7) is 8.37. The summed E-state index contributed by atoms with van der Waals surface area (Å²) in [6, 6.07) is 1.72. The topological polar surface area (TPSA) is 70.4 Å². The maximum atomic E-state index is 12.0. The molecule has 1 aliphatic rings. The molecule has 0 radical (unpaired) electrons. The third-order valence-corrected chi connectivity index (χ3v) is 3.68. The Morgan fingerprint density at radius 3 is 2.90 bits per heavy atom. The lowest BCUT2D eigenvalue weighted by molar-refractivity contribution is -0.117. The number of nitrogens with zero attached hydrogens (tertiary/aromatic N) is 2. The number of amides is 1. The lowest BCUT2D eigenvalue weighted by Crippen LogP contribution is -2.39. The van der Waals surface area contributed by atoms with Gasteiger partial charge in [0.25, 0.3) is 0 Å². The third-order valence-electron chi connectivity index (χ3n) is 3.68. The lowest BCUT2D eigenvalue weighted by Gasteiger charge is -2.28. The number of anilines is 1. The van der Waals surface area contributed by atoms with Gasteiger partial charge >= 0.3 is 0 Å². The van der Waals surface area contributed by atoms with Crippen molar-refractivity contribution in [2.24, 2.45) is 5.92 Å². The fourth-order valence-electron chi connectivity index (χ4n) is 2.54. The highest BCUT2D eigenvalue weighted by atomic mass is 16.5. The van der Waals surface area contributed by atoms with E-state index in [0.717, 1.165) is 31.9 Å². The first-order chi connectivity index (χ1) is 9.67. The Hall–Kier alpha value is -1.40. The van der Waals surface area contributed by atoms with Crippen LogP contribution >= 0.6 is 0 Å². The van der Waals surface area contributed by atoms with Gasteiger partial charge < -0.3 is 9.84 Å². The van der Waals surface area contributed by atoms with Crippen LogP contribution < -0.4 is 10.6 Å². The van der Waals surface area contributed by atoms with E-state index in [0.29, 0.717) is 18.3 Å². The van der Waals surface area contributed by atoms with Gasteiger partial charge in [-0.05, 0) is 45.3 Å². The highest BCUT2D eigenvalue weighted by molar-refractivity contribution is 5.90. The first kappa shape index (κ1) is 15.0. The molecule has 1 aromatic rings. The maximum absolute atomic E-state index is 12.0. The Morgan fingerprint density at radius 2 is 2.30 bits per heavy atom. The van der Waals surface area contributed by atoms with E-state index in [9.17, 15) is 4.79 Å². The molecule has 1 aliphatic heterocycles. The van der Waals surface area contributed by atoms with Crippen molar-refractivity contribution >= 4 is 11.8 Å². The Balaban J connectivity index is 1.78. The van der Waals surface area contributed by atoms with Gasteiger partial charge in [-0.2, -0.15) is 0 Å². The standard InChI is InChI=1S/C14H24N4O2/c1-3-18(9-12-4-6-15-7-5-12)10-13(19)16-14-8-11(2)17-20-14/h8,12,15H,3-7,9-10H2,1-2H3,(H,16,19). The van der Waals surface area contributed by atoms with Gasteiger partial charge in [0.1, 0.15) is 0 Å². The number of piperidine rings is 1. The molecule has 0 spiro atoms. The summed E-state index contributed by atoms with van der Waals surface area (Å²) in [5.74, 6) is 1.07. The molecule has 1 saturated heterocycles. The van der Waals surface area contributed by atoms with Crippen molar-refractivity contribution in [2.45, 2.75) is 26.7 Å². The van der Waals surface area contributed by atoms with Gasteiger partial charge in [0.05, 0.1) is 12.2 Å². The highest BCUT2D eigenvalue weighted by Crippen LogP contribution is 2.13. The number of hydrogen-bond acceptors (Lipinski definition) is 5. The largest absolute Gasteiger partial charge is 0.338 e. The van der Waals surface area contributed by atoms with E-state index < -0.39 is 0 Å². The Bertz CT molecular complexity index is 427. The van der Waals surface area contributed by atoms with Crippen molar-refractivity contribution in [3.63, 3.8) is 0 Å². The molecule has 0 saturated carbocycles. The molecule has 20 heavy (non-hydrogen) atoms. The SMILES string of the molecule is CCN(CC(=O)Nc1cc(C)no1)CC1CCNCC1. The summed E-state index contributed by atoms with van der Waals surface area (Å²) in [5, 5.41) is 9.86. The monoisotopic (exact) mass is 280 g/mol. The minimum absolute atomic E-state index is 0.0445. The van der Waals surface area contributed by atoms with E-state index >= 15 is 0 Å². The number of aryl methyl sites for hydroxylation is 1. The van der Waals surface area contributed by atoms with Crippen LogP contribution in [-0.2, 0) is 4.79 Å². The molecule has 6 heteroatoms. The van der Waals surface area contributed by atoms with Gasteiger partial charge in [-0.1, -0.05) is 12.1 Å². The number of carbonyl (C=O) groups excluding carboxylic acids is 1. The van der Waals surface area contributed by atoms with Crippen LogP contribution in [0.3, 0.4) is 0 Å². The zero-order chi connectivity index (χ0) is 14.4. The first-order valence-electron chi connectivity index (χ1n) is 7.33. The average Bonchev–Trinajstić information content (AvgIpc) is 2.84. The van der Waals surface area contributed by atoms with E-state index in [1.807, 2.05) is 6.92 Å². The summed E-state index contributed by atoms with van der Waals surface area (Å²) in [4.78, 5) is 14.2. The minimum atomic E-state index is -0.0445. The number of nitrogens with one attached hydrogen (secondary N) is 2. The second kappa shape index (κ2) is 7.40. The van der Waals surface area contributed by atoms with Crippen LogP contribution in [-0.4, -0.2) is 48.7 Å². The van der Waals surface area contributed by atoms with Gasteiger partial charge in [0.2, 0.25) is 11.8 Å². The predicted octanol–water partition coefficient (Wildman–Crippen LogP) is 1.24. The van der Waals surface area contributed by atoms with E-state index in [1.165, 1.54) is 12.8 Å². The van der Waals surface area contributed by atoms with Gasteiger partial charge in [-0.15, -0.1) is 0 Å². The summed E-state index contributed by atoms with van der Waals surface area (Å²) < 4.78 is 4.99. The highest BCUT2D eigenvalue weighted by Gasteiger charge is 2.18. The number of rotatable bonds is 6. The second-order valence-electron chi connectivity index (χ2n) is 5.40. The number of carbonyl (C=O) groups is 1. The van der Waals surface area contributed by atoms with Crippen LogP contribution in [0.2, 0.25) is 0 Å². The van der Waals surface area contributed by atoms with Crippen LogP contribution in [0, 0.1) is 12.8 Å². The van der Waals surface area contributed by atoms with E-state index in [1.54, 1.807) is 6.07 Å². The van der Waals surface area contributed by atoms with Crippen LogP contribution in [0.4, 0.5) is 5.88 Å². The van der Waals surface area contributed by atoms with E-state index in [-0.39, 0.29) is 5.91 Å². The van der Waals surface area contributed by atoms with Gasteiger partial charge in [0.15, 0.2) is 0 Å². The van der Waals surface area contributed by atoms with Crippen molar-refractivity contribution in [3.8, 4) is 0 Å². The predicted molar refractivity (Wildman–Crippen MR) is 77.6 cm³/mol. The number of likely N-dealkylation sites (N-methyl/N-ethyl adjacent to an activating group) is 1. The molecule has 0 aromatic carbocycles. The summed E-state index contributed by atoms with van der Waals surface area (Å²) in [7, 11) is 0. The molecule has 2 heterocycles. The molecule has 0 unspecified atom stereocenters. The lowest BCUT2D eigenvalue weighted by atomic mass is 9.97. The van der Waals surface area contributed by atoms with E-state index in [4.69, 9.17) is 4.52 Å². The van der Waals surface area contributed by atoms with E-state index in [2.05, 4.69) is 27.6 Å². The Morgan fingerprint density at radius 1 is 1.55 bits per heavy atom. The Kier molecular flexibility index (Phi) is 5.55. The fraction of sp³-hybridized carbons (Fsp3) is 0.714. The number of hydrogen-bond donors (Lipinski definition) is 2. The first-order valence-corrected chi connectivity index (χ1v) is 7.33. The molecule has 1 amide bonds. The summed E-state index contributed by atoms with van der Waals surface area (Å²) in [5.41, 5.74) is 0.766. The van der Waals surface area contributed by atoms with Crippen molar-refractivity contribution in [2.75, 3.05) is 38.0 Å². The van der Waals surface area contributed by atoms with Crippen molar-refractivity contribution < 1.29 is 9.32 Å². The maximum Gasteiger partial charge on any atom is 0.240 e. The zero-order valence-corrected chi connectivity index (χ0v) is 12.3. The molecule has 2 N–H and O–H groups in total. The quantitative estimate of drug-likeness (QED) is 0.820. The summed E-state index contributed by atoms with van der Waals surface area (Å²) >= 11 is 0. The molecule has 0 aliphatic carbocycles. The zero-order valence-electron chi connectivity index (χ0n) is 12.3. The molecule has 0 atom stereocenters. The van der Waals surface area contributed by atoms with Crippen LogP contribution in [0.15, 0.2) is 10.6 Å². The smallest absolute Gasteiger partial charge is 0.240 e. The minimum Gasteiger partial charge on any atom is -0.338 e. The van der Waals surface area contributed by atoms with Crippen molar-refractivity contribution in [1.82, 2.24) is 15.4 Å². The average molecular weight is 280 g/mol. The molecule has 0 bridgehead atoms. The van der Waals surface area contributed by atoms with Gasteiger partial charge in [-0.25, -0.2) is 0 Å². The molecule has 1 aromatic heterocycles. The molecule has 2 rings (SSSR count). The Labute approximate surface area is 119 Å². The third kappa shape index (κ3) is 4.61. The fourth-order valence-corrected chi connectivity index (χ4v) is 2.54. The molecular formula is C14H24N4O2. The summed E-state index contributed by atoms with van der Waals surface area (Å²) in [6.07, 6.45) is 2.39. The van der Waals surface area contributed by atoms with Crippen molar-refractivity contribution in [3.05, 3.63) is 11.8 Å². The normalized spacial score (nSPS) is 16.6. The van der Waals surface area contributed by atoms with Crippen LogP contribution in [0.5, 0.6) is 0 Å². The van der Waals surface area contributed by atoms with Gasteiger partial charge in [0, 0.05) is 12.6 Å². The second-order valence-corrected chi connectivity index (χ2v) is 5.40. The number of aromatic nitrogens is 1. The molecule has 1 fully saturated rings. The molecular weight excluding hydrogens is 256 g/mol. The van der Waals surface area contributed by atoms with Crippen LogP contribution in [0.1, 0.15) is 25.5 Å². The van der Waals surface area contributed by atoms with Gasteiger partial charge in [-0.3, -0.25) is 15.0 Å².